The van der Waals surface area contributed by atoms with E-state index in [2.05, 4.69) is 12.2 Å². The standard InChI is InChI=1S/C8H17NO2S/c1-7(9-2)8-3-5-12(10,11)6-4-8/h7-9H,3-6H2,1-2H3. The molecule has 1 heterocycles. The van der Waals surface area contributed by atoms with Crippen molar-refractivity contribution < 1.29 is 8.42 Å². The van der Waals surface area contributed by atoms with Crippen molar-refractivity contribution in [3.8, 4) is 0 Å². The van der Waals surface area contributed by atoms with Crippen molar-refractivity contribution in [1.29, 1.82) is 0 Å². The van der Waals surface area contributed by atoms with E-state index in [1.54, 1.807) is 0 Å². The van der Waals surface area contributed by atoms with Crippen LogP contribution in [0.2, 0.25) is 0 Å². The van der Waals surface area contributed by atoms with Gasteiger partial charge in [-0.2, -0.15) is 0 Å². The summed E-state index contributed by atoms with van der Waals surface area (Å²) in [6.45, 7) is 2.11. The van der Waals surface area contributed by atoms with Crippen LogP contribution in [0.15, 0.2) is 0 Å². The smallest absolute Gasteiger partial charge is 0.150 e. The molecule has 1 unspecified atom stereocenters. The highest BCUT2D eigenvalue weighted by Gasteiger charge is 2.26. The third-order valence-electron chi connectivity index (χ3n) is 2.76. The predicted molar refractivity (Wildman–Crippen MR) is 49.9 cm³/mol. The first-order valence-corrected chi connectivity index (χ1v) is 6.25. The Bertz CT molecular complexity index is 221. The Morgan fingerprint density at radius 1 is 1.33 bits per heavy atom. The molecular weight excluding hydrogens is 174 g/mol. The zero-order chi connectivity index (χ0) is 9.19. The lowest BCUT2D eigenvalue weighted by atomic mass is 9.95. The summed E-state index contributed by atoms with van der Waals surface area (Å²) in [5, 5.41) is 3.17. The molecule has 1 rings (SSSR count). The molecule has 0 saturated carbocycles. The van der Waals surface area contributed by atoms with Crippen molar-refractivity contribution in [1.82, 2.24) is 5.32 Å². The number of nitrogens with one attached hydrogen (secondary N) is 1. The van der Waals surface area contributed by atoms with E-state index in [0.717, 1.165) is 12.8 Å². The largest absolute Gasteiger partial charge is 0.317 e. The maximum Gasteiger partial charge on any atom is 0.150 e. The molecule has 1 aliphatic heterocycles. The third kappa shape index (κ3) is 2.45. The van der Waals surface area contributed by atoms with Crippen LogP contribution in [0, 0.1) is 5.92 Å². The zero-order valence-corrected chi connectivity index (χ0v) is 8.52. The molecule has 0 bridgehead atoms. The lowest BCUT2D eigenvalue weighted by Crippen LogP contribution is -2.36. The Hall–Kier alpha value is -0.0900. The second-order valence-electron chi connectivity index (χ2n) is 3.57. The first-order chi connectivity index (χ1) is 5.55. The van der Waals surface area contributed by atoms with E-state index in [-0.39, 0.29) is 0 Å². The molecular formula is C8H17NO2S. The number of hydrogen-bond acceptors (Lipinski definition) is 3. The van der Waals surface area contributed by atoms with Crippen LogP contribution < -0.4 is 5.32 Å². The molecule has 1 N–H and O–H groups in total. The molecule has 0 aromatic rings. The molecule has 12 heavy (non-hydrogen) atoms. The lowest BCUT2D eigenvalue weighted by molar-refractivity contribution is 0.363. The molecule has 1 saturated heterocycles. The molecule has 0 amide bonds. The maximum absolute atomic E-state index is 11.1. The monoisotopic (exact) mass is 191 g/mol. The van der Waals surface area contributed by atoms with Crippen LogP contribution in [-0.4, -0.2) is 33.0 Å². The van der Waals surface area contributed by atoms with E-state index in [1.165, 1.54) is 0 Å². The molecule has 0 aliphatic carbocycles. The van der Waals surface area contributed by atoms with Gasteiger partial charge < -0.3 is 5.32 Å². The van der Waals surface area contributed by atoms with Crippen LogP contribution in [0.25, 0.3) is 0 Å². The van der Waals surface area contributed by atoms with Crippen LogP contribution in [0.5, 0.6) is 0 Å². The summed E-state index contributed by atoms with van der Waals surface area (Å²) in [6.07, 6.45) is 1.65. The van der Waals surface area contributed by atoms with Gasteiger partial charge in [0.15, 0.2) is 0 Å². The normalized spacial score (nSPS) is 26.8. The molecule has 1 atom stereocenters. The molecule has 1 aliphatic rings. The van der Waals surface area contributed by atoms with Crippen LogP contribution in [0.3, 0.4) is 0 Å². The first-order valence-electron chi connectivity index (χ1n) is 4.43. The van der Waals surface area contributed by atoms with Crippen molar-refractivity contribution in [2.75, 3.05) is 18.6 Å². The summed E-state index contributed by atoms with van der Waals surface area (Å²) in [6, 6.07) is 0.445. The molecule has 0 aromatic carbocycles. The van der Waals surface area contributed by atoms with Crippen LogP contribution in [-0.2, 0) is 9.84 Å². The summed E-state index contributed by atoms with van der Waals surface area (Å²) >= 11 is 0. The van der Waals surface area contributed by atoms with Gasteiger partial charge in [-0.1, -0.05) is 0 Å². The SMILES string of the molecule is CNC(C)C1CCS(=O)(=O)CC1. The number of hydrogen-bond donors (Lipinski definition) is 1. The second kappa shape index (κ2) is 3.75. The van der Waals surface area contributed by atoms with E-state index in [4.69, 9.17) is 0 Å². The van der Waals surface area contributed by atoms with E-state index in [1.807, 2.05) is 7.05 Å². The van der Waals surface area contributed by atoms with Crippen molar-refractivity contribution in [3.05, 3.63) is 0 Å². The maximum atomic E-state index is 11.1. The highest BCUT2D eigenvalue weighted by Crippen LogP contribution is 2.21. The minimum absolute atomic E-state index is 0.379. The molecule has 0 spiro atoms. The number of rotatable bonds is 2. The second-order valence-corrected chi connectivity index (χ2v) is 5.87. The molecule has 72 valence electrons. The molecule has 1 fully saturated rings. The highest BCUT2D eigenvalue weighted by atomic mass is 32.2. The van der Waals surface area contributed by atoms with Gasteiger partial charge in [0.2, 0.25) is 0 Å². The summed E-state index contributed by atoms with van der Waals surface area (Å²) in [7, 11) is -0.761. The molecule has 0 radical (unpaired) electrons. The Kier molecular flexibility index (Phi) is 3.12. The average molecular weight is 191 g/mol. The fourth-order valence-electron chi connectivity index (χ4n) is 1.64. The van der Waals surface area contributed by atoms with Gasteiger partial charge in [0.1, 0.15) is 9.84 Å². The first kappa shape index (κ1) is 9.99. The Balaban J connectivity index is 2.46. The Morgan fingerprint density at radius 3 is 2.25 bits per heavy atom. The Morgan fingerprint density at radius 2 is 1.83 bits per heavy atom. The van der Waals surface area contributed by atoms with Gasteiger partial charge in [0, 0.05) is 6.04 Å². The minimum Gasteiger partial charge on any atom is -0.317 e. The summed E-state index contributed by atoms with van der Waals surface area (Å²) < 4.78 is 22.2. The molecule has 4 heteroatoms. The van der Waals surface area contributed by atoms with Crippen LogP contribution in [0.4, 0.5) is 0 Å². The molecule has 0 aromatic heterocycles. The van der Waals surface area contributed by atoms with E-state index in [9.17, 15) is 8.42 Å². The minimum atomic E-state index is -2.69. The van der Waals surface area contributed by atoms with Gasteiger partial charge in [-0.15, -0.1) is 0 Å². The zero-order valence-electron chi connectivity index (χ0n) is 7.71. The summed E-state index contributed by atoms with van der Waals surface area (Å²) in [4.78, 5) is 0. The van der Waals surface area contributed by atoms with Crippen molar-refractivity contribution >= 4 is 9.84 Å². The summed E-state index contributed by atoms with van der Waals surface area (Å²) in [5.74, 6) is 1.30. The van der Waals surface area contributed by atoms with Crippen molar-refractivity contribution in [2.45, 2.75) is 25.8 Å². The van der Waals surface area contributed by atoms with E-state index >= 15 is 0 Å². The highest BCUT2D eigenvalue weighted by molar-refractivity contribution is 7.91. The fraction of sp³-hybridized carbons (Fsp3) is 1.00. The van der Waals surface area contributed by atoms with Crippen molar-refractivity contribution in [2.24, 2.45) is 5.92 Å². The summed E-state index contributed by atoms with van der Waals surface area (Å²) in [5.41, 5.74) is 0. The van der Waals surface area contributed by atoms with Gasteiger partial charge >= 0.3 is 0 Å². The molecule has 3 nitrogen and oxygen atoms in total. The van der Waals surface area contributed by atoms with Gasteiger partial charge in [-0.05, 0) is 32.7 Å². The fourth-order valence-corrected chi connectivity index (χ4v) is 3.17. The van der Waals surface area contributed by atoms with Gasteiger partial charge in [0.25, 0.3) is 0 Å². The van der Waals surface area contributed by atoms with Gasteiger partial charge in [0.05, 0.1) is 11.5 Å². The third-order valence-corrected chi connectivity index (χ3v) is 4.48. The lowest BCUT2D eigenvalue weighted by Gasteiger charge is -2.27. The van der Waals surface area contributed by atoms with Gasteiger partial charge in [-0.3, -0.25) is 0 Å². The average Bonchev–Trinajstić information content (AvgIpc) is 2.03. The Labute approximate surface area is 74.5 Å². The van der Waals surface area contributed by atoms with Crippen LogP contribution >= 0.6 is 0 Å². The van der Waals surface area contributed by atoms with E-state index in [0.29, 0.717) is 23.5 Å². The van der Waals surface area contributed by atoms with Crippen LogP contribution in [0.1, 0.15) is 19.8 Å². The quantitative estimate of drug-likeness (QED) is 0.688. The number of sulfone groups is 1. The van der Waals surface area contributed by atoms with E-state index < -0.39 is 9.84 Å². The topological polar surface area (TPSA) is 46.2 Å². The van der Waals surface area contributed by atoms with Gasteiger partial charge in [-0.25, -0.2) is 8.42 Å². The predicted octanol–water partition coefficient (Wildman–Crippen LogP) is 0.419. The van der Waals surface area contributed by atoms with Crippen molar-refractivity contribution in [3.63, 3.8) is 0 Å².